The van der Waals surface area contributed by atoms with Crippen molar-refractivity contribution in [3.05, 3.63) is 15.9 Å². The molecule has 0 aliphatic carbocycles. The highest BCUT2D eigenvalue weighted by Crippen LogP contribution is 2.25. The van der Waals surface area contributed by atoms with Gasteiger partial charge in [-0.25, -0.2) is 13.1 Å². The molecule has 0 amide bonds. The predicted molar refractivity (Wildman–Crippen MR) is 79.5 cm³/mol. The number of alkyl halides is 1. The Kier molecular flexibility index (Phi) is 7.25. The summed E-state index contributed by atoms with van der Waals surface area (Å²) in [6.07, 6.45) is 4.23. The first-order chi connectivity index (χ1) is 8.06. The van der Waals surface area contributed by atoms with E-state index in [1.165, 1.54) is 11.3 Å². The normalized spacial score (nSPS) is 11.9. The van der Waals surface area contributed by atoms with Crippen LogP contribution in [0.2, 0.25) is 0 Å². The average molecular weight is 405 g/mol. The predicted octanol–water partition coefficient (Wildman–Crippen LogP) is 3.74. The van der Waals surface area contributed by atoms with Gasteiger partial charge in [-0.3, -0.25) is 0 Å². The van der Waals surface area contributed by atoms with Crippen LogP contribution in [0.5, 0.6) is 0 Å². The zero-order valence-corrected chi connectivity index (χ0v) is 14.1. The Bertz CT molecular complexity index is 431. The maximum Gasteiger partial charge on any atom is 0.250 e. The van der Waals surface area contributed by atoms with Gasteiger partial charge in [-0.2, -0.15) is 0 Å². The van der Waals surface area contributed by atoms with Crippen molar-refractivity contribution in [3.63, 3.8) is 0 Å². The topological polar surface area (TPSA) is 46.2 Å². The SMILES string of the molecule is O=S(=O)(NCCCCCCBr)c1ccc(Br)s1. The van der Waals surface area contributed by atoms with Crippen molar-refractivity contribution < 1.29 is 8.42 Å². The molecule has 0 aliphatic heterocycles. The summed E-state index contributed by atoms with van der Waals surface area (Å²) in [5.74, 6) is 0. The Morgan fingerprint density at radius 3 is 2.47 bits per heavy atom. The van der Waals surface area contributed by atoms with E-state index < -0.39 is 10.0 Å². The van der Waals surface area contributed by atoms with E-state index in [4.69, 9.17) is 0 Å². The summed E-state index contributed by atoms with van der Waals surface area (Å²) in [5.41, 5.74) is 0. The molecule has 0 saturated carbocycles. The zero-order chi connectivity index (χ0) is 12.7. The summed E-state index contributed by atoms with van der Waals surface area (Å²) < 4.78 is 27.4. The lowest BCUT2D eigenvalue weighted by molar-refractivity contribution is 0.576. The smallest absolute Gasteiger partial charge is 0.210 e. The van der Waals surface area contributed by atoms with Crippen LogP contribution in [0, 0.1) is 0 Å². The van der Waals surface area contributed by atoms with E-state index in [0.717, 1.165) is 34.8 Å². The van der Waals surface area contributed by atoms with Crippen molar-refractivity contribution in [2.45, 2.75) is 29.9 Å². The summed E-state index contributed by atoms with van der Waals surface area (Å²) in [7, 11) is -3.30. The summed E-state index contributed by atoms with van der Waals surface area (Å²) >= 11 is 7.85. The van der Waals surface area contributed by atoms with Gasteiger partial charge in [0.25, 0.3) is 0 Å². The van der Waals surface area contributed by atoms with Crippen molar-refractivity contribution in [1.82, 2.24) is 4.72 Å². The number of hydrogen-bond acceptors (Lipinski definition) is 3. The summed E-state index contributed by atoms with van der Waals surface area (Å²) in [5, 5.41) is 1.02. The van der Waals surface area contributed by atoms with Crippen LogP contribution >= 0.6 is 43.2 Å². The van der Waals surface area contributed by atoms with Gasteiger partial charge < -0.3 is 0 Å². The van der Waals surface area contributed by atoms with Gasteiger partial charge in [-0.05, 0) is 40.9 Å². The van der Waals surface area contributed by atoms with Crippen LogP contribution in [-0.4, -0.2) is 20.3 Å². The number of unbranched alkanes of at least 4 members (excludes halogenated alkanes) is 3. The molecule has 0 spiro atoms. The standard InChI is InChI=1S/C10H15Br2NO2S2/c11-7-3-1-2-4-8-13-17(14,15)10-6-5-9(12)16-10/h5-6,13H,1-4,7-8H2. The minimum atomic E-state index is -3.30. The summed E-state index contributed by atoms with van der Waals surface area (Å²) in [6, 6.07) is 3.36. The maximum absolute atomic E-state index is 11.8. The second kappa shape index (κ2) is 7.89. The maximum atomic E-state index is 11.8. The number of thiophene rings is 1. The first-order valence-electron chi connectivity index (χ1n) is 5.37. The summed E-state index contributed by atoms with van der Waals surface area (Å²) in [4.78, 5) is 0. The number of halogens is 2. The van der Waals surface area contributed by atoms with Crippen molar-refractivity contribution in [1.29, 1.82) is 0 Å². The lowest BCUT2D eigenvalue weighted by atomic mass is 10.2. The van der Waals surface area contributed by atoms with E-state index in [1.54, 1.807) is 12.1 Å². The molecule has 1 heterocycles. The fourth-order valence-electron chi connectivity index (χ4n) is 1.29. The first kappa shape index (κ1) is 15.6. The largest absolute Gasteiger partial charge is 0.250 e. The molecule has 1 rings (SSSR count). The second-order valence-corrected chi connectivity index (χ2v) is 8.81. The van der Waals surface area contributed by atoms with E-state index in [2.05, 4.69) is 36.6 Å². The zero-order valence-electron chi connectivity index (χ0n) is 9.29. The molecule has 0 aromatic carbocycles. The van der Waals surface area contributed by atoms with Gasteiger partial charge in [0.2, 0.25) is 10.0 Å². The van der Waals surface area contributed by atoms with E-state index in [-0.39, 0.29) is 0 Å². The Hall–Kier alpha value is 0.570. The van der Waals surface area contributed by atoms with Gasteiger partial charge in [0.15, 0.2) is 0 Å². The van der Waals surface area contributed by atoms with Crippen LogP contribution in [0.4, 0.5) is 0 Å². The minimum absolute atomic E-state index is 0.366. The van der Waals surface area contributed by atoms with Crippen LogP contribution in [0.3, 0.4) is 0 Å². The Labute approximate surface area is 123 Å². The molecule has 3 nitrogen and oxygen atoms in total. The van der Waals surface area contributed by atoms with E-state index >= 15 is 0 Å². The molecule has 0 saturated heterocycles. The Balaban J connectivity index is 2.31. The van der Waals surface area contributed by atoms with Gasteiger partial charge >= 0.3 is 0 Å². The highest BCUT2D eigenvalue weighted by molar-refractivity contribution is 9.11. The monoisotopic (exact) mass is 403 g/mol. The fraction of sp³-hybridized carbons (Fsp3) is 0.600. The van der Waals surface area contributed by atoms with E-state index in [0.29, 0.717) is 10.8 Å². The van der Waals surface area contributed by atoms with Gasteiger partial charge in [0, 0.05) is 11.9 Å². The molecule has 1 N–H and O–H groups in total. The number of rotatable bonds is 8. The van der Waals surface area contributed by atoms with Gasteiger partial charge in [-0.15, -0.1) is 11.3 Å². The third-order valence-corrected chi connectivity index (χ3v) is 6.30. The second-order valence-electron chi connectivity index (χ2n) is 3.56. The lowest BCUT2D eigenvalue weighted by Crippen LogP contribution is -2.23. The molecule has 0 atom stereocenters. The van der Waals surface area contributed by atoms with Gasteiger partial charge in [0.05, 0.1) is 3.79 Å². The molecule has 0 fully saturated rings. The molecule has 98 valence electrons. The molecule has 7 heteroatoms. The summed E-state index contributed by atoms with van der Waals surface area (Å²) in [6.45, 7) is 0.514. The molecule has 0 aliphatic rings. The average Bonchev–Trinajstić information content (AvgIpc) is 2.71. The quantitative estimate of drug-likeness (QED) is 0.529. The van der Waals surface area contributed by atoms with Crippen molar-refractivity contribution in [3.8, 4) is 0 Å². The van der Waals surface area contributed by atoms with Gasteiger partial charge in [0.1, 0.15) is 4.21 Å². The van der Waals surface area contributed by atoms with Crippen LogP contribution in [-0.2, 0) is 10.0 Å². The van der Waals surface area contributed by atoms with Crippen molar-refractivity contribution in [2.24, 2.45) is 0 Å². The number of sulfonamides is 1. The molecule has 1 aromatic rings. The third kappa shape index (κ3) is 5.83. The van der Waals surface area contributed by atoms with Crippen LogP contribution in [0.25, 0.3) is 0 Å². The van der Waals surface area contributed by atoms with Crippen LogP contribution in [0.1, 0.15) is 25.7 Å². The Morgan fingerprint density at radius 2 is 1.88 bits per heavy atom. The molecular formula is C10H15Br2NO2S2. The fourth-order valence-corrected chi connectivity index (χ4v) is 4.82. The van der Waals surface area contributed by atoms with E-state index in [1.807, 2.05) is 0 Å². The highest BCUT2D eigenvalue weighted by Gasteiger charge is 2.15. The molecule has 0 bridgehead atoms. The Morgan fingerprint density at radius 1 is 1.18 bits per heavy atom. The van der Waals surface area contributed by atoms with Crippen molar-refractivity contribution in [2.75, 3.05) is 11.9 Å². The molecule has 0 unspecified atom stereocenters. The molecule has 0 radical (unpaired) electrons. The third-order valence-electron chi connectivity index (χ3n) is 2.17. The van der Waals surface area contributed by atoms with Crippen molar-refractivity contribution >= 4 is 53.2 Å². The van der Waals surface area contributed by atoms with Gasteiger partial charge in [-0.1, -0.05) is 28.8 Å². The first-order valence-corrected chi connectivity index (χ1v) is 9.58. The molecule has 1 aromatic heterocycles. The number of hydrogen-bond donors (Lipinski definition) is 1. The lowest BCUT2D eigenvalue weighted by Gasteiger charge is -2.04. The van der Waals surface area contributed by atoms with Crippen LogP contribution < -0.4 is 4.72 Å². The molecule has 17 heavy (non-hydrogen) atoms. The highest BCUT2D eigenvalue weighted by atomic mass is 79.9. The van der Waals surface area contributed by atoms with E-state index in [9.17, 15) is 8.42 Å². The molecular weight excluding hydrogens is 390 g/mol. The van der Waals surface area contributed by atoms with Crippen LogP contribution in [0.15, 0.2) is 20.1 Å². The number of nitrogens with one attached hydrogen (secondary N) is 1. The minimum Gasteiger partial charge on any atom is -0.210 e.